The van der Waals surface area contributed by atoms with E-state index in [1.807, 2.05) is 21.6 Å². The van der Waals surface area contributed by atoms with Crippen LogP contribution < -0.4 is 0 Å². The fourth-order valence-electron chi connectivity index (χ4n) is 3.24. The van der Waals surface area contributed by atoms with Crippen molar-refractivity contribution in [1.29, 1.82) is 0 Å². The first-order chi connectivity index (χ1) is 9.61. The molecule has 1 saturated carbocycles. The third-order valence-electron chi connectivity index (χ3n) is 4.35. The van der Waals surface area contributed by atoms with Crippen LogP contribution in [0.1, 0.15) is 32.6 Å². The van der Waals surface area contributed by atoms with Crippen LogP contribution in [0.5, 0.6) is 0 Å². The summed E-state index contributed by atoms with van der Waals surface area (Å²) in [4.78, 5) is 29.0. The second-order valence-electron chi connectivity index (χ2n) is 5.66. The molecule has 1 N–H and O–H groups in total. The van der Waals surface area contributed by atoms with E-state index >= 15 is 0 Å². The van der Waals surface area contributed by atoms with Crippen LogP contribution in [0.25, 0.3) is 0 Å². The Balaban J connectivity index is 1.85. The molecule has 6 nitrogen and oxygen atoms in total. The predicted molar refractivity (Wildman–Crippen MR) is 75.7 cm³/mol. The molecule has 0 aromatic carbocycles. The largest absolute Gasteiger partial charge is 0.480 e. The highest BCUT2D eigenvalue weighted by atomic mass is 16.4. The van der Waals surface area contributed by atoms with Gasteiger partial charge in [-0.3, -0.25) is 9.69 Å². The lowest BCUT2D eigenvalue weighted by Gasteiger charge is -2.38. The maximum absolute atomic E-state index is 12.6. The molecule has 1 saturated heterocycles. The van der Waals surface area contributed by atoms with Crippen LogP contribution >= 0.6 is 0 Å². The Hall–Kier alpha value is -1.30. The summed E-state index contributed by atoms with van der Waals surface area (Å²) in [7, 11) is 0. The Labute approximate surface area is 120 Å². The fourth-order valence-corrected chi connectivity index (χ4v) is 3.24. The number of carbonyl (C=O) groups is 2. The Morgan fingerprint density at radius 2 is 1.75 bits per heavy atom. The first-order valence-electron chi connectivity index (χ1n) is 7.61. The molecule has 1 aliphatic carbocycles. The van der Waals surface area contributed by atoms with Crippen molar-refractivity contribution in [2.45, 2.75) is 38.6 Å². The quantitative estimate of drug-likeness (QED) is 0.838. The van der Waals surface area contributed by atoms with E-state index in [2.05, 4.69) is 0 Å². The molecule has 20 heavy (non-hydrogen) atoms. The molecule has 0 radical (unpaired) electrons. The monoisotopic (exact) mass is 283 g/mol. The number of urea groups is 1. The van der Waals surface area contributed by atoms with Crippen molar-refractivity contribution in [2.24, 2.45) is 0 Å². The Morgan fingerprint density at radius 3 is 2.25 bits per heavy atom. The molecule has 0 aromatic heterocycles. The molecule has 114 valence electrons. The third kappa shape index (κ3) is 3.62. The van der Waals surface area contributed by atoms with Gasteiger partial charge in [0.25, 0.3) is 0 Å². The number of carboxylic acid groups (broad SMARTS) is 1. The van der Waals surface area contributed by atoms with Gasteiger partial charge in [0.05, 0.1) is 6.54 Å². The van der Waals surface area contributed by atoms with E-state index in [9.17, 15) is 9.59 Å². The van der Waals surface area contributed by atoms with Gasteiger partial charge < -0.3 is 14.9 Å². The normalized spacial score (nSPS) is 21.1. The SMILES string of the molecule is CCN(C(=O)N1CCN(CC(=O)O)CC1)C1CCCC1. The molecule has 6 heteroatoms. The molecular weight excluding hydrogens is 258 g/mol. The lowest BCUT2D eigenvalue weighted by molar-refractivity contribution is -0.138. The number of hydrogen-bond acceptors (Lipinski definition) is 3. The summed E-state index contributed by atoms with van der Waals surface area (Å²) in [6, 6.07) is 0.541. The highest BCUT2D eigenvalue weighted by Crippen LogP contribution is 2.24. The van der Waals surface area contributed by atoms with Crippen molar-refractivity contribution in [3.63, 3.8) is 0 Å². The second kappa shape index (κ2) is 6.92. The van der Waals surface area contributed by atoms with E-state index in [4.69, 9.17) is 5.11 Å². The highest BCUT2D eigenvalue weighted by molar-refractivity contribution is 5.75. The zero-order chi connectivity index (χ0) is 14.5. The first-order valence-corrected chi connectivity index (χ1v) is 7.61. The number of piperazine rings is 1. The van der Waals surface area contributed by atoms with E-state index < -0.39 is 5.97 Å². The van der Waals surface area contributed by atoms with Crippen LogP contribution in [-0.4, -0.2) is 77.1 Å². The molecule has 2 amide bonds. The third-order valence-corrected chi connectivity index (χ3v) is 4.35. The van der Waals surface area contributed by atoms with E-state index in [0.717, 1.165) is 19.4 Å². The van der Waals surface area contributed by atoms with Crippen molar-refractivity contribution in [3.8, 4) is 0 Å². The van der Waals surface area contributed by atoms with E-state index in [1.54, 1.807) is 0 Å². The zero-order valence-electron chi connectivity index (χ0n) is 12.3. The van der Waals surface area contributed by atoms with Crippen molar-refractivity contribution in [2.75, 3.05) is 39.3 Å². The standard InChI is InChI=1S/C14H25N3O3/c1-2-17(12-5-3-4-6-12)14(20)16-9-7-15(8-10-16)11-13(18)19/h12H,2-11H2,1H3,(H,18,19). The first kappa shape index (κ1) is 15.1. The summed E-state index contributed by atoms with van der Waals surface area (Å²) < 4.78 is 0. The summed E-state index contributed by atoms with van der Waals surface area (Å²) >= 11 is 0. The molecule has 0 aromatic rings. The topological polar surface area (TPSA) is 64.1 Å². The van der Waals surface area contributed by atoms with E-state index in [0.29, 0.717) is 32.2 Å². The number of rotatable bonds is 4. The Morgan fingerprint density at radius 1 is 1.15 bits per heavy atom. The summed E-state index contributed by atoms with van der Waals surface area (Å²) in [5.41, 5.74) is 0. The summed E-state index contributed by atoms with van der Waals surface area (Å²) in [6.45, 7) is 5.45. The molecule has 0 atom stereocenters. The molecular formula is C14H25N3O3. The Kier molecular flexibility index (Phi) is 5.23. The maximum Gasteiger partial charge on any atom is 0.320 e. The van der Waals surface area contributed by atoms with Crippen LogP contribution in [0.4, 0.5) is 4.79 Å². The van der Waals surface area contributed by atoms with Gasteiger partial charge in [0, 0.05) is 38.8 Å². The van der Waals surface area contributed by atoms with Gasteiger partial charge in [-0.1, -0.05) is 12.8 Å². The Bertz CT molecular complexity index is 348. The molecule has 0 unspecified atom stereocenters. The predicted octanol–water partition coefficient (Wildman–Crippen LogP) is 1.07. The lowest BCUT2D eigenvalue weighted by Crippen LogP contribution is -2.55. The van der Waals surface area contributed by atoms with E-state index in [1.165, 1.54) is 12.8 Å². The molecule has 2 aliphatic rings. The molecule has 1 heterocycles. The van der Waals surface area contributed by atoms with Crippen LogP contribution in [0.3, 0.4) is 0 Å². The van der Waals surface area contributed by atoms with Gasteiger partial charge in [0.2, 0.25) is 0 Å². The number of aliphatic carboxylic acids is 1. The fraction of sp³-hybridized carbons (Fsp3) is 0.857. The zero-order valence-corrected chi connectivity index (χ0v) is 12.3. The minimum absolute atomic E-state index is 0.0716. The van der Waals surface area contributed by atoms with Gasteiger partial charge in [0.1, 0.15) is 0 Å². The van der Waals surface area contributed by atoms with Crippen LogP contribution in [0.15, 0.2) is 0 Å². The lowest BCUT2D eigenvalue weighted by atomic mass is 10.2. The van der Waals surface area contributed by atoms with Gasteiger partial charge >= 0.3 is 12.0 Å². The van der Waals surface area contributed by atoms with Crippen molar-refractivity contribution in [1.82, 2.24) is 14.7 Å². The second-order valence-corrected chi connectivity index (χ2v) is 5.66. The van der Waals surface area contributed by atoms with Crippen molar-refractivity contribution < 1.29 is 14.7 Å². The summed E-state index contributed by atoms with van der Waals surface area (Å²) in [5, 5.41) is 8.78. The van der Waals surface area contributed by atoms with Crippen LogP contribution in [0.2, 0.25) is 0 Å². The molecule has 0 spiro atoms. The number of carboxylic acids is 1. The van der Waals surface area contributed by atoms with Crippen LogP contribution in [-0.2, 0) is 4.79 Å². The average Bonchev–Trinajstić information content (AvgIpc) is 2.93. The van der Waals surface area contributed by atoms with Gasteiger partial charge in [0.15, 0.2) is 0 Å². The molecule has 1 aliphatic heterocycles. The van der Waals surface area contributed by atoms with Crippen molar-refractivity contribution >= 4 is 12.0 Å². The number of nitrogens with zero attached hydrogens (tertiary/aromatic N) is 3. The smallest absolute Gasteiger partial charge is 0.320 e. The van der Waals surface area contributed by atoms with Gasteiger partial charge in [-0.15, -0.1) is 0 Å². The molecule has 0 bridgehead atoms. The van der Waals surface area contributed by atoms with Gasteiger partial charge in [-0.05, 0) is 19.8 Å². The molecule has 2 rings (SSSR count). The maximum atomic E-state index is 12.6. The summed E-state index contributed by atoms with van der Waals surface area (Å²) in [5.74, 6) is -0.800. The van der Waals surface area contributed by atoms with Crippen molar-refractivity contribution in [3.05, 3.63) is 0 Å². The highest BCUT2D eigenvalue weighted by Gasteiger charge is 2.30. The minimum Gasteiger partial charge on any atom is -0.480 e. The van der Waals surface area contributed by atoms with E-state index in [-0.39, 0.29) is 12.6 Å². The van der Waals surface area contributed by atoms with Crippen LogP contribution in [0, 0.1) is 0 Å². The van der Waals surface area contributed by atoms with Gasteiger partial charge in [-0.2, -0.15) is 0 Å². The number of carbonyl (C=O) groups excluding carboxylic acids is 1. The minimum atomic E-state index is -0.800. The number of hydrogen-bond donors (Lipinski definition) is 1. The average molecular weight is 283 g/mol. The van der Waals surface area contributed by atoms with Gasteiger partial charge in [-0.25, -0.2) is 4.79 Å². The molecule has 2 fully saturated rings. The number of amides is 2. The summed E-state index contributed by atoms with van der Waals surface area (Å²) in [6.07, 6.45) is 4.69.